The Hall–Kier alpha value is -2.85. The Morgan fingerprint density at radius 1 is 0.929 bits per heavy atom. The van der Waals surface area contributed by atoms with Gasteiger partial charge in [0.05, 0.1) is 0 Å². The second-order valence-corrected chi connectivity index (χ2v) is 7.94. The number of fused-ring (bicyclic) bond motifs is 1. The highest BCUT2D eigenvalue weighted by Crippen LogP contribution is 2.56. The standard InChI is InChI=1S/C24H25N3O/c25-23(28)20-16-18(27-14-12-26-13-15-27)8-9-22(20)24(10-11-24)21-7-3-5-17-4-1-2-6-19(17)21/h1-9,16,26H,10-15H2,(H2,25,28). The van der Waals surface area contributed by atoms with Crippen molar-refractivity contribution in [2.75, 3.05) is 31.1 Å². The van der Waals surface area contributed by atoms with Gasteiger partial charge in [0.1, 0.15) is 0 Å². The highest BCUT2D eigenvalue weighted by atomic mass is 16.1. The van der Waals surface area contributed by atoms with E-state index in [1.54, 1.807) is 0 Å². The molecule has 0 aromatic heterocycles. The van der Waals surface area contributed by atoms with Gasteiger partial charge in [0.25, 0.3) is 0 Å². The Labute approximate surface area is 165 Å². The van der Waals surface area contributed by atoms with E-state index in [1.807, 2.05) is 6.07 Å². The fraction of sp³-hybridized carbons (Fsp3) is 0.292. The highest BCUT2D eigenvalue weighted by Gasteiger charge is 2.48. The van der Waals surface area contributed by atoms with Crippen molar-refractivity contribution in [2.45, 2.75) is 18.3 Å². The topological polar surface area (TPSA) is 58.4 Å². The smallest absolute Gasteiger partial charge is 0.249 e. The molecule has 5 rings (SSSR count). The maximum absolute atomic E-state index is 12.4. The molecule has 142 valence electrons. The number of amides is 1. The first-order chi connectivity index (χ1) is 13.7. The second-order valence-electron chi connectivity index (χ2n) is 7.94. The monoisotopic (exact) mass is 371 g/mol. The Balaban J connectivity index is 1.63. The second kappa shape index (κ2) is 6.64. The molecule has 0 radical (unpaired) electrons. The van der Waals surface area contributed by atoms with Crippen molar-refractivity contribution in [2.24, 2.45) is 5.73 Å². The number of nitrogens with two attached hydrogens (primary N) is 1. The fourth-order valence-electron chi connectivity index (χ4n) is 4.72. The molecule has 0 atom stereocenters. The first-order valence-corrected chi connectivity index (χ1v) is 10.1. The predicted octanol–water partition coefficient (Wildman–Crippen LogP) is 3.43. The molecular formula is C24H25N3O. The largest absolute Gasteiger partial charge is 0.369 e. The molecule has 4 heteroatoms. The number of primary amides is 1. The lowest BCUT2D eigenvalue weighted by molar-refractivity contribution is 0.0999. The van der Waals surface area contributed by atoms with Crippen LogP contribution in [0.1, 0.15) is 34.3 Å². The third-order valence-corrected chi connectivity index (χ3v) is 6.32. The molecule has 1 saturated heterocycles. The van der Waals surface area contributed by atoms with E-state index in [0.29, 0.717) is 5.56 Å². The minimum Gasteiger partial charge on any atom is -0.369 e. The first kappa shape index (κ1) is 17.3. The lowest BCUT2D eigenvalue weighted by Crippen LogP contribution is -2.43. The van der Waals surface area contributed by atoms with Crippen LogP contribution in [-0.2, 0) is 5.41 Å². The van der Waals surface area contributed by atoms with Crippen LogP contribution in [-0.4, -0.2) is 32.1 Å². The Morgan fingerprint density at radius 3 is 2.43 bits per heavy atom. The molecule has 2 aliphatic rings. The van der Waals surface area contributed by atoms with E-state index in [-0.39, 0.29) is 11.3 Å². The van der Waals surface area contributed by atoms with Crippen LogP contribution in [0, 0.1) is 0 Å². The van der Waals surface area contributed by atoms with Gasteiger partial charge in [-0.1, -0.05) is 48.5 Å². The Morgan fingerprint density at radius 2 is 1.68 bits per heavy atom. The van der Waals surface area contributed by atoms with Crippen LogP contribution in [0.5, 0.6) is 0 Å². The van der Waals surface area contributed by atoms with Gasteiger partial charge in [-0.2, -0.15) is 0 Å². The van der Waals surface area contributed by atoms with Crippen LogP contribution in [0.4, 0.5) is 5.69 Å². The molecule has 0 bridgehead atoms. The van der Waals surface area contributed by atoms with Crippen LogP contribution < -0.4 is 16.0 Å². The third-order valence-electron chi connectivity index (χ3n) is 6.32. The minimum absolute atomic E-state index is 0.104. The van der Waals surface area contributed by atoms with Crippen molar-refractivity contribution in [1.82, 2.24) is 5.32 Å². The number of carbonyl (C=O) groups excluding carboxylic acids is 1. The van der Waals surface area contributed by atoms with Crippen LogP contribution in [0.25, 0.3) is 10.8 Å². The first-order valence-electron chi connectivity index (χ1n) is 10.1. The van der Waals surface area contributed by atoms with Gasteiger partial charge in [-0.05, 0) is 46.9 Å². The van der Waals surface area contributed by atoms with Crippen molar-refractivity contribution in [1.29, 1.82) is 0 Å². The molecule has 4 nitrogen and oxygen atoms in total. The zero-order chi connectivity index (χ0) is 19.1. The quantitative estimate of drug-likeness (QED) is 0.739. The van der Waals surface area contributed by atoms with E-state index in [1.165, 1.54) is 16.3 Å². The molecule has 1 heterocycles. The SMILES string of the molecule is NC(=O)c1cc(N2CCNCC2)ccc1C1(c2cccc3ccccc23)CC1. The molecule has 1 amide bonds. The maximum Gasteiger partial charge on any atom is 0.249 e. The van der Waals surface area contributed by atoms with Gasteiger partial charge in [0, 0.05) is 42.8 Å². The molecule has 3 N–H and O–H groups in total. The number of nitrogens with one attached hydrogen (secondary N) is 1. The number of benzene rings is 3. The van der Waals surface area contributed by atoms with E-state index < -0.39 is 0 Å². The predicted molar refractivity (Wildman–Crippen MR) is 114 cm³/mol. The summed E-state index contributed by atoms with van der Waals surface area (Å²) in [5.41, 5.74) is 9.90. The summed E-state index contributed by atoms with van der Waals surface area (Å²) in [6.45, 7) is 3.83. The van der Waals surface area contributed by atoms with Gasteiger partial charge in [-0.25, -0.2) is 0 Å². The summed E-state index contributed by atoms with van der Waals surface area (Å²) in [6, 6.07) is 21.3. The van der Waals surface area contributed by atoms with Gasteiger partial charge < -0.3 is 16.0 Å². The van der Waals surface area contributed by atoms with Crippen LogP contribution in [0.3, 0.4) is 0 Å². The summed E-state index contributed by atoms with van der Waals surface area (Å²) < 4.78 is 0. The van der Waals surface area contributed by atoms with Crippen molar-refractivity contribution >= 4 is 22.4 Å². The number of anilines is 1. The number of piperazine rings is 1. The molecule has 1 aliphatic heterocycles. The van der Waals surface area contributed by atoms with E-state index in [4.69, 9.17) is 5.73 Å². The molecule has 3 aromatic carbocycles. The van der Waals surface area contributed by atoms with Gasteiger partial charge in [0.15, 0.2) is 0 Å². The lowest BCUT2D eigenvalue weighted by atomic mass is 9.82. The Kier molecular flexibility index (Phi) is 4.09. The maximum atomic E-state index is 12.4. The zero-order valence-electron chi connectivity index (χ0n) is 15.9. The summed E-state index contributed by atoms with van der Waals surface area (Å²) in [4.78, 5) is 14.7. The summed E-state index contributed by atoms with van der Waals surface area (Å²) in [6.07, 6.45) is 2.10. The Bertz CT molecular complexity index is 1040. The number of hydrogen-bond donors (Lipinski definition) is 2. The zero-order valence-corrected chi connectivity index (χ0v) is 15.9. The lowest BCUT2D eigenvalue weighted by Gasteiger charge is -2.30. The van der Waals surface area contributed by atoms with E-state index in [0.717, 1.165) is 50.3 Å². The average molecular weight is 371 g/mol. The molecule has 2 fully saturated rings. The van der Waals surface area contributed by atoms with E-state index in [2.05, 4.69) is 64.8 Å². The normalized spacial score (nSPS) is 18.2. The van der Waals surface area contributed by atoms with Crippen molar-refractivity contribution < 1.29 is 4.79 Å². The molecule has 28 heavy (non-hydrogen) atoms. The number of hydrogen-bond acceptors (Lipinski definition) is 3. The van der Waals surface area contributed by atoms with Gasteiger partial charge in [-0.3, -0.25) is 4.79 Å². The molecular weight excluding hydrogens is 346 g/mol. The third kappa shape index (κ3) is 2.76. The van der Waals surface area contributed by atoms with Crippen molar-refractivity contribution in [3.05, 3.63) is 77.4 Å². The fourth-order valence-corrected chi connectivity index (χ4v) is 4.72. The van der Waals surface area contributed by atoms with Crippen LogP contribution >= 0.6 is 0 Å². The van der Waals surface area contributed by atoms with E-state index >= 15 is 0 Å². The average Bonchev–Trinajstić information content (AvgIpc) is 3.55. The van der Waals surface area contributed by atoms with Crippen LogP contribution in [0.15, 0.2) is 60.7 Å². The minimum atomic E-state index is -0.335. The number of rotatable bonds is 4. The molecule has 3 aromatic rings. The molecule has 0 unspecified atom stereocenters. The van der Waals surface area contributed by atoms with Gasteiger partial charge >= 0.3 is 0 Å². The van der Waals surface area contributed by atoms with Gasteiger partial charge in [0.2, 0.25) is 5.91 Å². The van der Waals surface area contributed by atoms with Crippen molar-refractivity contribution in [3.8, 4) is 0 Å². The summed E-state index contributed by atoms with van der Waals surface area (Å²) in [5, 5.41) is 5.88. The number of carbonyl (C=O) groups is 1. The summed E-state index contributed by atoms with van der Waals surface area (Å²) in [7, 11) is 0. The highest BCUT2D eigenvalue weighted by molar-refractivity contribution is 5.97. The van der Waals surface area contributed by atoms with Crippen molar-refractivity contribution in [3.63, 3.8) is 0 Å². The van der Waals surface area contributed by atoms with Crippen LogP contribution in [0.2, 0.25) is 0 Å². The molecule has 0 spiro atoms. The molecule has 1 saturated carbocycles. The van der Waals surface area contributed by atoms with E-state index in [9.17, 15) is 4.79 Å². The van der Waals surface area contributed by atoms with Gasteiger partial charge in [-0.15, -0.1) is 0 Å². The molecule has 1 aliphatic carbocycles. The summed E-state index contributed by atoms with van der Waals surface area (Å²) in [5.74, 6) is -0.335. The number of nitrogens with zero attached hydrogens (tertiary/aromatic N) is 1. The summed E-state index contributed by atoms with van der Waals surface area (Å²) >= 11 is 0.